The summed E-state index contributed by atoms with van der Waals surface area (Å²) >= 11 is 0. The molecule has 1 nitrogen and oxygen atoms in total. The SMILES string of the molecule is CCCCOc1ccc(C(C)C)c(C)c1. The molecule has 0 fully saturated rings. The van der Waals surface area contributed by atoms with Crippen LogP contribution in [0, 0.1) is 6.92 Å². The lowest BCUT2D eigenvalue weighted by molar-refractivity contribution is 0.309. The lowest BCUT2D eigenvalue weighted by atomic mass is 9.98. The van der Waals surface area contributed by atoms with E-state index >= 15 is 0 Å². The molecule has 0 saturated heterocycles. The maximum atomic E-state index is 5.66. The lowest BCUT2D eigenvalue weighted by Gasteiger charge is -2.12. The molecule has 0 saturated carbocycles. The molecule has 1 aromatic carbocycles. The molecule has 0 aliphatic rings. The molecule has 0 atom stereocenters. The molecule has 0 spiro atoms. The molecule has 0 bridgehead atoms. The summed E-state index contributed by atoms with van der Waals surface area (Å²) in [5.74, 6) is 1.60. The van der Waals surface area contributed by atoms with Gasteiger partial charge >= 0.3 is 0 Å². The van der Waals surface area contributed by atoms with E-state index in [2.05, 4.69) is 45.9 Å². The van der Waals surface area contributed by atoms with E-state index in [4.69, 9.17) is 4.74 Å². The molecule has 0 N–H and O–H groups in total. The molecular weight excluding hydrogens is 184 g/mol. The van der Waals surface area contributed by atoms with Crippen molar-refractivity contribution in [3.63, 3.8) is 0 Å². The molecule has 15 heavy (non-hydrogen) atoms. The summed E-state index contributed by atoms with van der Waals surface area (Å²) < 4.78 is 5.66. The van der Waals surface area contributed by atoms with Crippen LogP contribution in [-0.2, 0) is 0 Å². The largest absolute Gasteiger partial charge is 0.494 e. The van der Waals surface area contributed by atoms with Gasteiger partial charge in [0.25, 0.3) is 0 Å². The van der Waals surface area contributed by atoms with Gasteiger partial charge in [-0.3, -0.25) is 0 Å². The topological polar surface area (TPSA) is 9.23 Å². The Morgan fingerprint density at radius 2 is 2.00 bits per heavy atom. The first-order valence-electron chi connectivity index (χ1n) is 5.88. The monoisotopic (exact) mass is 206 g/mol. The van der Waals surface area contributed by atoms with Crippen molar-refractivity contribution in [3.8, 4) is 5.75 Å². The van der Waals surface area contributed by atoms with Gasteiger partial charge in [0.1, 0.15) is 5.75 Å². The lowest BCUT2D eigenvalue weighted by Crippen LogP contribution is -1.98. The van der Waals surface area contributed by atoms with Crippen LogP contribution in [0.4, 0.5) is 0 Å². The predicted octanol–water partition coefficient (Wildman–Crippen LogP) is 4.30. The van der Waals surface area contributed by atoms with Crippen molar-refractivity contribution in [2.45, 2.75) is 46.5 Å². The fourth-order valence-corrected chi connectivity index (χ4v) is 1.72. The van der Waals surface area contributed by atoms with Crippen LogP contribution in [0.15, 0.2) is 18.2 Å². The van der Waals surface area contributed by atoms with E-state index in [9.17, 15) is 0 Å². The average Bonchev–Trinajstić information content (AvgIpc) is 2.17. The fraction of sp³-hybridized carbons (Fsp3) is 0.571. The number of hydrogen-bond donors (Lipinski definition) is 0. The Morgan fingerprint density at radius 3 is 2.53 bits per heavy atom. The Labute approximate surface area is 93.5 Å². The maximum absolute atomic E-state index is 5.66. The highest BCUT2D eigenvalue weighted by Crippen LogP contribution is 2.23. The number of aryl methyl sites for hydroxylation is 1. The van der Waals surface area contributed by atoms with Gasteiger partial charge in [0.2, 0.25) is 0 Å². The molecule has 0 radical (unpaired) electrons. The first-order valence-corrected chi connectivity index (χ1v) is 5.88. The minimum atomic E-state index is 0.592. The molecule has 0 aliphatic carbocycles. The highest BCUT2D eigenvalue weighted by atomic mass is 16.5. The Balaban J connectivity index is 2.65. The van der Waals surface area contributed by atoms with Gasteiger partial charge in [0.05, 0.1) is 6.61 Å². The third-order valence-electron chi connectivity index (χ3n) is 2.63. The van der Waals surface area contributed by atoms with Crippen LogP contribution < -0.4 is 4.74 Å². The van der Waals surface area contributed by atoms with E-state index in [-0.39, 0.29) is 0 Å². The van der Waals surface area contributed by atoms with Crippen molar-refractivity contribution in [2.24, 2.45) is 0 Å². The van der Waals surface area contributed by atoms with Crippen molar-refractivity contribution >= 4 is 0 Å². The number of rotatable bonds is 5. The second-order valence-electron chi connectivity index (χ2n) is 4.38. The summed E-state index contributed by atoms with van der Waals surface area (Å²) in [6.45, 7) is 9.61. The van der Waals surface area contributed by atoms with E-state index in [1.54, 1.807) is 0 Å². The minimum Gasteiger partial charge on any atom is -0.494 e. The summed E-state index contributed by atoms with van der Waals surface area (Å²) in [5.41, 5.74) is 2.75. The number of benzene rings is 1. The maximum Gasteiger partial charge on any atom is 0.119 e. The second-order valence-corrected chi connectivity index (χ2v) is 4.38. The van der Waals surface area contributed by atoms with Crippen molar-refractivity contribution in [3.05, 3.63) is 29.3 Å². The second kappa shape index (κ2) is 5.79. The minimum absolute atomic E-state index is 0.592. The Bertz CT molecular complexity index is 302. The molecule has 1 aromatic rings. The smallest absolute Gasteiger partial charge is 0.119 e. The van der Waals surface area contributed by atoms with Crippen LogP contribution in [0.5, 0.6) is 5.75 Å². The molecular formula is C14H22O. The van der Waals surface area contributed by atoms with Crippen molar-refractivity contribution in [1.29, 1.82) is 0 Å². The first-order chi connectivity index (χ1) is 7.15. The summed E-state index contributed by atoms with van der Waals surface area (Å²) in [5, 5.41) is 0. The Kier molecular flexibility index (Phi) is 4.67. The van der Waals surface area contributed by atoms with Crippen LogP contribution in [-0.4, -0.2) is 6.61 Å². The molecule has 0 amide bonds. The van der Waals surface area contributed by atoms with Crippen LogP contribution in [0.1, 0.15) is 50.7 Å². The third kappa shape index (κ3) is 3.58. The van der Waals surface area contributed by atoms with Gasteiger partial charge in [-0.05, 0) is 42.5 Å². The van der Waals surface area contributed by atoms with Crippen LogP contribution >= 0.6 is 0 Å². The fourth-order valence-electron chi connectivity index (χ4n) is 1.72. The van der Waals surface area contributed by atoms with Crippen molar-refractivity contribution in [1.82, 2.24) is 0 Å². The zero-order valence-corrected chi connectivity index (χ0v) is 10.3. The van der Waals surface area contributed by atoms with E-state index < -0.39 is 0 Å². The third-order valence-corrected chi connectivity index (χ3v) is 2.63. The van der Waals surface area contributed by atoms with Gasteiger partial charge in [-0.25, -0.2) is 0 Å². The number of hydrogen-bond acceptors (Lipinski definition) is 1. The van der Waals surface area contributed by atoms with Gasteiger partial charge in [0.15, 0.2) is 0 Å². The zero-order chi connectivity index (χ0) is 11.3. The van der Waals surface area contributed by atoms with Gasteiger partial charge in [0, 0.05) is 0 Å². The summed E-state index contributed by atoms with van der Waals surface area (Å²) in [6, 6.07) is 6.41. The number of ether oxygens (including phenoxy) is 1. The number of unbranched alkanes of at least 4 members (excludes halogenated alkanes) is 1. The Hall–Kier alpha value is -0.980. The summed E-state index contributed by atoms with van der Waals surface area (Å²) in [7, 11) is 0. The van der Waals surface area contributed by atoms with Gasteiger partial charge in [-0.15, -0.1) is 0 Å². The summed E-state index contributed by atoms with van der Waals surface area (Å²) in [6.07, 6.45) is 2.31. The van der Waals surface area contributed by atoms with Gasteiger partial charge in [-0.1, -0.05) is 33.3 Å². The van der Waals surface area contributed by atoms with E-state index in [1.165, 1.54) is 17.5 Å². The van der Waals surface area contributed by atoms with Crippen LogP contribution in [0.2, 0.25) is 0 Å². The molecule has 0 aromatic heterocycles. The van der Waals surface area contributed by atoms with Crippen molar-refractivity contribution in [2.75, 3.05) is 6.61 Å². The molecule has 1 rings (SSSR count). The normalized spacial score (nSPS) is 10.7. The molecule has 0 heterocycles. The van der Waals surface area contributed by atoms with Crippen molar-refractivity contribution < 1.29 is 4.74 Å². The predicted molar refractivity (Wildman–Crippen MR) is 65.7 cm³/mol. The van der Waals surface area contributed by atoms with Crippen LogP contribution in [0.3, 0.4) is 0 Å². The van der Waals surface area contributed by atoms with Gasteiger partial charge < -0.3 is 4.74 Å². The van der Waals surface area contributed by atoms with Gasteiger partial charge in [-0.2, -0.15) is 0 Å². The first kappa shape index (κ1) is 12.1. The zero-order valence-electron chi connectivity index (χ0n) is 10.3. The molecule has 84 valence electrons. The molecule has 0 aliphatic heterocycles. The highest BCUT2D eigenvalue weighted by Gasteiger charge is 2.04. The van der Waals surface area contributed by atoms with E-state index in [0.717, 1.165) is 18.8 Å². The average molecular weight is 206 g/mol. The van der Waals surface area contributed by atoms with Crippen LogP contribution in [0.25, 0.3) is 0 Å². The molecule has 0 unspecified atom stereocenters. The van der Waals surface area contributed by atoms with E-state index in [0.29, 0.717) is 5.92 Å². The quantitative estimate of drug-likeness (QED) is 0.653. The molecule has 1 heteroatoms. The summed E-state index contributed by atoms with van der Waals surface area (Å²) in [4.78, 5) is 0. The van der Waals surface area contributed by atoms with E-state index in [1.807, 2.05) is 0 Å². The Morgan fingerprint density at radius 1 is 1.27 bits per heavy atom. The highest BCUT2D eigenvalue weighted by molar-refractivity contribution is 5.36. The standard InChI is InChI=1S/C14H22O/c1-5-6-9-15-13-7-8-14(11(2)3)12(4)10-13/h7-8,10-11H,5-6,9H2,1-4H3.